The van der Waals surface area contributed by atoms with Gasteiger partial charge in [0.15, 0.2) is 11.6 Å². The number of aromatic nitrogens is 3. The Hall–Kier alpha value is -1.82. The Morgan fingerprint density at radius 2 is 1.90 bits per heavy atom. The van der Waals surface area contributed by atoms with E-state index >= 15 is 0 Å². The third-order valence-corrected chi connectivity index (χ3v) is 4.69. The van der Waals surface area contributed by atoms with E-state index in [1.807, 2.05) is 10.9 Å². The van der Waals surface area contributed by atoms with Crippen LogP contribution in [0.25, 0.3) is 11.3 Å². The fourth-order valence-electron chi connectivity index (χ4n) is 3.46. The summed E-state index contributed by atoms with van der Waals surface area (Å²) in [6, 6.07) is 4.17. The first-order chi connectivity index (χ1) is 10.2. The molecule has 3 fully saturated rings. The molecule has 1 atom stereocenters. The van der Waals surface area contributed by atoms with Gasteiger partial charge in [-0.3, -0.25) is 0 Å². The summed E-state index contributed by atoms with van der Waals surface area (Å²) in [6.45, 7) is 3.35. The van der Waals surface area contributed by atoms with Gasteiger partial charge >= 0.3 is 0 Å². The standard InChI is InChI=1S/C15H16F2N4/c16-12-2-1-11(7-13(12)17)14-8-21(19-18-14)15-9-20-5-3-10(15)4-6-20/h1-2,7-8,10,15H,3-6,9H2. The molecule has 1 aromatic carbocycles. The minimum absolute atomic E-state index is 0.346. The molecule has 110 valence electrons. The summed E-state index contributed by atoms with van der Waals surface area (Å²) in [7, 11) is 0. The first-order valence-corrected chi connectivity index (χ1v) is 7.30. The molecule has 0 amide bonds. The van der Waals surface area contributed by atoms with Gasteiger partial charge in [-0.15, -0.1) is 5.10 Å². The Morgan fingerprint density at radius 3 is 2.57 bits per heavy atom. The van der Waals surface area contributed by atoms with Gasteiger partial charge in [0, 0.05) is 12.1 Å². The summed E-state index contributed by atoms with van der Waals surface area (Å²) >= 11 is 0. The third-order valence-electron chi connectivity index (χ3n) is 4.69. The van der Waals surface area contributed by atoms with E-state index in [0.29, 0.717) is 23.2 Å². The van der Waals surface area contributed by atoms with Crippen molar-refractivity contribution in [2.24, 2.45) is 5.92 Å². The Bertz CT molecular complexity index is 661. The zero-order chi connectivity index (χ0) is 14.4. The predicted molar refractivity (Wildman–Crippen MR) is 73.6 cm³/mol. The van der Waals surface area contributed by atoms with Gasteiger partial charge in [-0.1, -0.05) is 5.21 Å². The lowest BCUT2D eigenvalue weighted by Crippen LogP contribution is -2.48. The largest absolute Gasteiger partial charge is 0.301 e. The molecule has 2 aromatic rings. The quantitative estimate of drug-likeness (QED) is 0.852. The SMILES string of the molecule is Fc1ccc(-c2cn(C3CN4CCC3CC4)nn2)cc1F. The Kier molecular flexibility index (Phi) is 2.99. The first kappa shape index (κ1) is 12.9. The molecule has 5 rings (SSSR count). The van der Waals surface area contributed by atoms with E-state index in [1.165, 1.54) is 38.1 Å². The van der Waals surface area contributed by atoms with Crippen molar-refractivity contribution in [3.05, 3.63) is 36.0 Å². The van der Waals surface area contributed by atoms with Crippen molar-refractivity contribution in [2.75, 3.05) is 19.6 Å². The van der Waals surface area contributed by atoms with Gasteiger partial charge in [0.1, 0.15) is 5.69 Å². The highest BCUT2D eigenvalue weighted by Crippen LogP contribution is 2.35. The van der Waals surface area contributed by atoms with Crippen molar-refractivity contribution in [1.29, 1.82) is 0 Å². The Labute approximate surface area is 121 Å². The smallest absolute Gasteiger partial charge is 0.159 e. The summed E-state index contributed by atoms with van der Waals surface area (Å²) in [4.78, 5) is 2.45. The Morgan fingerprint density at radius 1 is 1.10 bits per heavy atom. The zero-order valence-electron chi connectivity index (χ0n) is 11.5. The van der Waals surface area contributed by atoms with E-state index in [4.69, 9.17) is 0 Å². The van der Waals surface area contributed by atoms with Crippen LogP contribution in [0.3, 0.4) is 0 Å². The topological polar surface area (TPSA) is 34.0 Å². The summed E-state index contributed by atoms with van der Waals surface area (Å²) in [5.74, 6) is -1.05. The second-order valence-corrected chi connectivity index (χ2v) is 5.92. The van der Waals surface area contributed by atoms with Crippen LogP contribution >= 0.6 is 0 Å². The van der Waals surface area contributed by atoms with Crippen LogP contribution < -0.4 is 0 Å². The summed E-state index contributed by atoms with van der Waals surface area (Å²) in [5.41, 5.74) is 1.15. The summed E-state index contributed by atoms with van der Waals surface area (Å²) < 4.78 is 28.2. The van der Waals surface area contributed by atoms with Crippen molar-refractivity contribution < 1.29 is 8.78 Å². The molecule has 4 nitrogen and oxygen atoms in total. The monoisotopic (exact) mass is 290 g/mol. The van der Waals surface area contributed by atoms with E-state index in [1.54, 1.807) is 0 Å². The van der Waals surface area contributed by atoms with E-state index in [9.17, 15) is 8.78 Å². The highest BCUT2D eigenvalue weighted by molar-refractivity contribution is 5.57. The molecule has 1 aromatic heterocycles. The van der Waals surface area contributed by atoms with Crippen LogP contribution in [0.2, 0.25) is 0 Å². The van der Waals surface area contributed by atoms with E-state index in [-0.39, 0.29) is 0 Å². The van der Waals surface area contributed by atoms with Crippen molar-refractivity contribution in [3.63, 3.8) is 0 Å². The molecule has 0 saturated carbocycles. The molecule has 2 bridgehead atoms. The van der Waals surface area contributed by atoms with Crippen molar-refractivity contribution in [2.45, 2.75) is 18.9 Å². The maximum absolute atomic E-state index is 13.3. The molecule has 0 aliphatic carbocycles. The fourth-order valence-corrected chi connectivity index (χ4v) is 3.46. The number of fused-ring (bicyclic) bond motifs is 3. The van der Waals surface area contributed by atoms with Gasteiger partial charge in [-0.2, -0.15) is 0 Å². The molecule has 0 N–H and O–H groups in total. The molecular formula is C15H16F2N4. The Balaban J connectivity index is 1.62. The average Bonchev–Trinajstić information content (AvgIpc) is 3.01. The lowest BCUT2D eigenvalue weighted by atomic mass is 9.84. The highest BCUT2D eigenvalue weighted by atomic mass is 19.2. The van der Waals surface area contributed by atoms with Crippen LogP contribution in [0.5, 0.6) is 0 Å². The highest BCUT2D eigenvalue weighted by Gasteiger charge is 2.35. The first-order valence-electron chi connectivity index (χ1n) is 7.30. The molecule has 0 spiro atoms. The van der Waals surface area contributed by atoms with E-state index < -0.39 is 11.6 Å². The maximum atomic E-state index is 13.3. The lowest BCUT2D eigenvalue weighted by molar-refractivity contribution is 0.0504. The van der Waals surface area contributed by atoms with Gasteiger partial charge in [0.05, 0.1) is 12.2 Å². The van der Waals surface area contributed by atoms with Crippen molar-refractivity contribution >= 4 is 0 Å². The van der Waals surface area contributed by atoms with Crippen molar-refractivity contribution in [1.82, 2.24) is 19.9 Å². The fraction of sp³-hybridized carbons (Fsp3) is 0.467. The van der Waals surface area contributed by atoms with E-state index in [2.05, 4.69) is 15.2 Å². The van der Waals surface area contributed by atoms with Crippen LogP contribution in [0.15, 0.2) is 24.4 Å². The zero-order valence-corrected chi connectivity index (χ0v) is 11.5. The summed E-state index contributed by atoms with van der Waals surface area (Å²) in [5, 5.41) is 8.33. The second-order valence-electron chi connectivity index (χ2n) is 5.92. The lowest BCUT2D eigenvalue weighted by Gasteiger charge is -2.44. The van der Waals surface area contributed by atoms with Gasteiger partial charge < -0.3 is 4.90 Å². The molecule has 3 aliphatic rings. The molecule has 21 heavy (non-hydrogen) atoms. The molecule has 6 heteroatoms. The molecule has 4 heterocycles. The van der Waals surface area contributed by atoms with Crippen LogP contribution in [0.4, 0.5) is 8.78 Å². The summed E-state index contributed by atoms with van der Waals surface area (Å²) in [6.07, 6.45) is 4.25. The minimum Gasteiger partial charge on any atom is -0.301 e. The van der Waals surface area contributed by atoms with E-state index in [0.717, 1.165) is 12.6 Å². The van der Waals surface area contributed by atoms with Crippen molar-refractivity contribution in [3.8, 4) is 11.3 Å². The molecule has 3 aliphatic heterocycles. The van der Waals surface area contributed by atoms with Crippen LogP contribution in [-0.4, -0.2) is 39.5 Å². The number of nitrogens with zero attached hydrogens (tertiary/aromatic N) is 4. The molecule has 3 saturated heterocycles. The second kappa shape index (κ2) is 4.87. The number of hydrogen-bond donors (Lipinski definition) is 0. The van der Waals surface area contributed by atoms with Gasteiger partial charge in [-0.05, 0) is 50.0 Å². The third kappa shape index (κ3) is 2.23. The normalized spacial score (nSPS) is 28.0. The number of halogens is 2. The maximum Gasteiger partial charge on any atom is 0.159 e. The van der Waals surface area contributed by atoms with Gasteiger partial charge in [0.2, 0.25) is 0 Å². The molecule has 0 radical (unpaired) electrons. The molecular weight excluding hydrogens is 274 g/mol. The van der Waals surface area contributed by atoms with Gasteiger partial charge in [-0.25, -0.2) is 13.5 Å². The van der Waals surface area contributed by atoms with Crippen LogP contribution in [0, 0.1) is 17.6 Å². The number of piperidine rings is 3. The minimum atomic E-state index is -0.857. The number of rotatable bonds is 2. The van der Waals surface area contributed by atoms with Crippen LogP contribution in [-0.2, 0) is 0 Å². The van der Waals surface area contributed by atoms with Crippen LogP contribution in [0.1, 0.15) is 18.9 Å². The average molecular weight is 290 g/mol. The predicted octanol–water partition coefficient (Wildman–Crippen LogP) is 2.49. The van der Waals surface area contributed by atoms with Gasteiger partial charge in [0.25, 0.3) is 0 Å². The number of hydrogen-bond acceptors (Lipinski definition) is 3. The number of benzene rings is 1. The molecule has 1 unspecified atom stereocenters.